The normalized spacial score (nSPS) is 11.4. The van der Waals surface area contributed by atoms with Crippen molar-refractivity contribution in [1.82, 2.24) is 8.55 Å². The minimum atomic E-state index is 0.248. The molecule has 0 saturated heterocycles. The van der Waals surface area contributed by atoms with Crippen LogP contribution in [0.3, 0.4) is 0 Å². The van der Waals surface area contributed by atoms with Gasteiger partial charge < -0.3 is 0 Å². The van der Waals surface area contributed by atoms with Gasteiger partial charge in [-0.25, -0.2) is 0 Å². The first-order valence-electron chi connectivity index (χ1n) is 6.01. The molecule has 0 saturated carbocycles. The van der Waals surface area contributed by atoms with Crippen molar-refractivity contribution in [1.29, 1.82) is 0 Å². The molecule has 0 atom stereocenters. The third-order valence-corrected chi connectivity index (χ3v) is 6.29. The standard InChI is InChI=1S/C15H10N2SSe/c18-15-12-3-1-2-4-14(12)19-17(15)11-5-6-13-10(9-11)7-8-16-13/h1-9,16H. The second-order valence-electron chi connectivity index (χ2n) is 4.44. The van der Waals surface area contributed by atoms with Gasteiger partial charge >= 0.3 is 121 Å². The maximum atomic E-state index is 5.61. The SMILES string of the molecule is S=c1c2ccccc2[se]n1-c1ccc2[nH]ccc2c1. The summed E-state index contributed by atoms with van der Waals surface area (Å²) in [5.74, 6) is 0. The molecule has 0 radical (unpaired) electrons. The van der Waals surface area contributed by atoms with Crippen LogP contribution in [0.2, 0.25) is 0 Å². The van der Waals surface area contributed by atoms with E-state index in [4.69, 9.17) is 12.2 Å². The van der Waals surface area contributed by atoms with E-state index in [0.717, 1.165) is 4.64 Å². The molecule has 0 unspecified atom stereocenters. The molecule has 19 heavy (non-hydrogen) atoms. The number of aromatic nitrogens is 2. The molecule has 0 bridgehead atoms. The van der Waals surface area contributed by atoms with Crippen molar-refractivity contribution in [2.45, 2.75) is 0 Å². The summed E-state index contributed by atoms with van der Waals surface area (Å²) in [5, 5.41) is 2.44. The fraction of sp³-hybridized carbons (Fsp3) is 0. The van der Waals surface area contributed by atoms with Gasteiger partial charge in [0, 0.05) is 0 Å². The van der Waals surface area contributed by atoms with E-state index in [2.05, 4.69) is 57.1 Å². The van der Waals surface area contributed by atoms with Crippen LogP contribution in [-0.2, 0) is 0 Å². The quantitative estimate of drug-likeness (QED) is 0.415. The molecule has 4 rings (SSSR count). The zero-order chi connectivity index (χ0) is 12.8. The molecule has 1 N–H and O–H groups in total. The van der Waals surface area contributed by atoms with Gasteiger partial charge in [0.15, 0.2) is 0 Å². The topological polar surface area (TPSA) is 20.7 Å². The number of fused-ring (bicyclic) bond motifs is 2. The predicted molar refractivity (Wildman–Crippen MR) is 82.9 cm³/mol. The monoisotopic (exact) mass is 330 g/mol. The van der Waals surface area contributed by atoms with E-state index in [0.29, 0.717) is 0 Å². The molecule has 2 nitrogen and oxygen atoms in total. The van der Waals surface area contributed by atoms with Crippen molar-refractivity contribution >= 4 is 47.5 Å². The molecule has 92 valence electrons. The number of hydrogen-bond acceptors (Lipinski definition) is 1. The van der Waals surface area contributed by atoms with Gasteiger partial charge in [0.2, 0.25) is 0 Å². The predicted octanol–water partition coefficient (Wildman–Crippen LogP) is 3.90. The van der Waals surface area contributed by atoms with E-state index in [1.807, 2.05) is 6.20 Å². The molecular formula is C15H10N2SSe. The molecule has 2 aromatic heterocycles. The fourth-order valence-corrected chi connectivity index (χ4v) is 5.03. The van der Waals surface area contributed by atoms with Crippen LogP contribution in [0.25, 0.3) is 26.2 Å². The number of nitrogens with one attached hydrogen (secondary N) is 1. The van der Waals surface area contributed by atoms with Crippen LogP contribution in [0, 0.1) is 4.64 Å². The Hall–Kier alpha value is -1.61. The van der Waals surface area contributed by atoms with Gasteiger partial charge in [-0.15, -0.1) is 0 Å². The first-order chi connectivity index (χ1) is 9.33. The summed E-state index contributed by atoms with van der Waals surface area (Å²) >= 11 is 5.86. The molecule has 0 fully saturated rings. The third-order valence-electron chi connectivity index (χ3n) is 3.26. The third kappa shape index (κ3) is 1.72. The number of hydrogen-bond donors (Lipinski definition) is 1. The number of benzene rings is 2. The van der Waals surface area contributed by atoms with Gasteiger partial charge in [-0.05, 0) is 0 Å². The second-order valence-corrected chi connectivity index (χ2v) is 6.89. The van der Waals surface area contributed by atoms with Gasteiger partial charge in [0.25, 0.3) is 0 Å². The van der Waals surface area contributed by atoms with Crippen molar-refractivity contribution in [2.24, 2.45) is 0 Å². The summed E-state index contributed by atoms with van der Waals surface area (Å²) in [6.07, 6.45) is 1.97. The zero-order valence-electron chi connectivity index (χ0n) is 9.96. The van der Waals surface area contributed by atoms with Crippen LogP contribution >= 0.6 is 12.2 Å². The summed E-state index contributed by atoms with van der Waals surface area (Å²) in [4.78, 5) is 3.22. The van der Waals surface area contributed by atoms with Gasteiger partial charge in [0.05, 0.1) is 0 Å². The van der Waals surface area contributed by atoms with Crippen LogP contribution in [0.1, 0.15) is 0 Å². The molecular weight excluding hydrogens is 319 g/mol. The Morgan fingerprint density at radius 3 is 2.84 bits per heavy atom. The number of aromatic amines is 1. The summed E-state index contributed by atoms with van der Waals surface area (Å²) in [7, 11) is 0. The maximum absolute atomic E-state index is 5.61. The van der Waals surface area contributed by atoms with E-state index in [9.17, 15) is 0 Å². The van der Waals surface area contributed by atoms with Crippen LogP contribution < -0.4 is 0 Å². The summed E-state index contributed by atoms with van der Waals surface area (Å²) in [6, 6.07) is 17.0. The van der Waals surface area contributed by atoms with Gasteiger partial charge in [-0.3, -0.25) is 0 Å². The Morgan fingerprint density at radius 2 is 1.95 bits per heavy atom. The fourth-order valence-electron chi connectivity index (χ4n) is 2.31. The van der Waals surface area contributed by atoms with Crippen molar-refractivity contribution in [3.05, 3.63) is 59.4 Å². The molecule has 0 spiro atoms. The van der Waals surface area contributed by atoms with Crippen LogP contribution in [0.4, 0.5) is 0 Å². The van der Waals surface area contributed by atoms with Crippen LogP contribution in [-0.4, -0.2) is 23.3 Å². The molecule has 0 amide bonds. The molecule has 0 aliphatic carbocycles. The minimum absolute atomic E-state index is 0.248. The number of rotatable bonds is 1. The van der Waals surface area contributed by atoms with E-state index in [1.165, 1.54) is 26.2 Å². The Morgan fingerprint density at radius 1 is 1.05 bits per heavy atom. The van der Waals surface area contributed by atoms with Crippen molar-refractivity contribution < 1.29 is 0 Å². The Bertz CT molecular complexity index is 945. The average molecular weight is 329 g/mol. The Labute approximate surface area is 121 Å². The van der Waals surface area contributed by atoms with Crippen LogP contribution in [0.15, 0.2) is 54.7 Å². The van der Waals surface area contributed by atoms with Gasteiger partial charge in [-0.2, -0.15) is 0 Å². The Balaban J connectivity index is 2.03. The molecule has 2 aromatic carbocycles. The summed E-state index contributed by atoms with van der Waals surface area (Å²) < 4.78 is 4.58. The van der Waals surface area contributed by atoms with E-state index >= 15 is 0 Å². The first kappa shape index (κ1) is 11.2. The zero-order valence-corrected chi connectivity index (χ0v) is 12.5. The van der Waals surface area contributed by atoms with E-state index in [1.54, 1.807) is 0 Å². The molecule has 4 aromatic rings. The molecule has 2 heterocycles. The Kier molecular flexibility index (Phi) is 2.49. The van der Waals surface area contributed by atoms with E-state index < -0.39 is 0 Å². The molecule has 4 heteroatoms. The molecule has 0 aliphatic heterocycles. The number of nitrogens with zero attached hydrogens (tertiary/aromatic N) is 1. The summed E-state index contributed by atoms with van der Waals surface area (Å²) in [6.45, 7) is 0. The number of H-pyrrole nitrogens is 1. The van der Waals surface area contributed by atoms with Crippen molar-refractivity contribution in [3.8, 4) is 5.69 Å². The van der Waals surface area contributed by atoms with Crippen molar-refractivity contribution in [3.63, 3.8) is 0 Å². The van der Waals surface area contributed by atoms with Crippen LogP contribution in [0.5, 0.6) is 0 Å². The second kappa shape index (κ2) is 4.20. The van der Waals surface area contributed by atoms with Gasteiger partial charge in [0.1, 0.15) is 0 Å². The van der Waals surface area contributed by atoms with Gasteiger partial charge in [-0.1, -0.05) is 0 Å². The van der Waals surface area contributed by atoms with Crippen molar-refractivity contribution in [2.75, 3.05) is 0 Å². The van der Waals surface area contributed by atoms with E-state index in [-0.39, 0.29) is 14.7 Å². The average Bonchev–Trinajstić information content (AvgIpc) is 3.03. The summed E-state index contributed by atoms with van der Waals surface area (Å²) in [5.41, 5.74) is 2.35. The first-order valence-corrected chi connectivity index (χ1v) is 8.04. The molecule has 0 aliphatic rings.